The van der Waals surface area contributed by atoms with Gasteiger partial charge in [-0.1, -0.05) is 36.8 Å². The van der Waals surface area contributed by atoms with Crippen molar-refractivity contribution < 1.29 is 9.15 Å². The molecule has 1 aromatic heterocycles. The van der Waals surface area contributed by atoms with Crippen LogP contribution in [0.25, 0.3) is 22.3 Å². The van der Waals surface area contributed by atoms with E-state index in [9.17, 15) is 4.79 Å². The maximum absolute atomic E-state index is 12.6. The Morgan fingerprint density at radius 1 is 1.10 bits per heavy atom. The maximum Gasteiger partial charge on any atom is 0.193 e. The van der Waals surface area contributed by atoms with Gasteiger partial charge in [0, 0.05) is 23.2 Å². The van der Waals surface area contributed by atoms with Gasteiger partial charge in [0.2, 0.25) is 0 Å². The minimum atomic E-state index is -0.0274. The summed E-state index contributed by atoms with van der Waals surface area (Å²) in [5, 5.41) is 0.596. The van der Waals surface area contributed by atoms with Crippen LogP contribution in [0, 0.1) is 6.92 Å². The van der Waals surface area contributed by atoms with Gasteiger partial charge in [-0.25, -0.2) is 0 Å². The average molecular weight is 406 g/mol. The molecule has 4 rings (SSSR count). The number of rotatable bonds is 7. The highest BCUT2D eigenvalue weighted by atomic mass is 16.5. The molecule has 0 radical (unpaired) electrons. The number of ether oxygens (including phenoxy) is 1. The Kier molecular flexibility index (Phi) is 6.53. The number of fused-ring (bicyclic) bond motifs is 1. The molecule has 4 nitrogen and oxygen atoms in total. The molecule has 4 heteroatoms. The van der Waals surface area contributed by atoms with E-state index in [1.165, 1.54) is 25.8 Å². The first-order valence-electron chi connectivity index (χ1n) is 11.1. The van der Waals surface area contributed by atoms with Crippen molar-refractivity contribution in [2.45, 2.75) is 52.0 Å². The zero-order valence-corrected chi connectivity index (χ0v) is 18.0. The molecule has 2 heterocycles. The van der Waals surface area contributed by atoms with E-state index >= 15 is 0 Å². The SMILES string of the molecule is Cc1c(OCCCCN2CCCCC2C)ccc2c(=O)cc(-c3ccccc3)oc12. The average Bonchev–Trinajstić information content (AvgIpc) is 2.77. The fourth-order valence-corrected chi connectivity index (χ4v) is 4.33. The highest BCUT2D eigenvalue weighted by Crippen LogP contribution is 2.29. The number of benzene rings is 2. The third-order valence-electron chi connectivity index (χ3n) is 6.19. The lowest BCUT2D eigenvalue weighted by molar-refractivity contribution is 0.154. The number of aryl methyl sites for hydroxylation is 1. The van der Waals surface area contributed by atoms with E-state index < -0.39 is 0 Å². The fraction of sp³-hybridized carbons (Fsp3) is 0.423. The van der Waals surface area contributed by atoms with E-state index in [2.05, 4.69) is 11.8 Å². The summed E-state index contributed by atoms with van der Waals surface area (Å²) in [5.74, 6) is 1.38. The molecule has 30 heavy (non-hydrogen) atoms. The number of piperidine rings is 1. The van der Waals surface area contributed by atoms with Gasteiger partial charge in [0.1, 0.15) is 17.1 Å². The summed E-state index contributed by atoms with van der Waals surface area (Å²) < 4.78 is 12.2. The first-order valence-corrected chi connectivity index (χ1v) is 11.1. The van der Waals surface area contributed by atoms with Crippen LogP contribution in [0.15, 0.2) is 57.7 Å². The van der Waals surface area contributed by atoms with E-state index in [1.54, 1.807) is 6.07 Å². The highest BCUT2D eigenvalue weighted by molar-refractivity contribution is 5.83. The summed E-state index contributed by atoms with van der Waals surface area (Å²) in [6.07, 6.45) is 6.18. The van der Waals surface area contributed by atoms with Crippen LogP contribution in [-0.2, 0) is 0 Å². The first kappa shape index (κ1) is 20.7. The molecule has 2 aromatic carbocycles. The van der Waals surface area contributed by atoms with Gasteiger partial charge >= 0.3 is 0 Å². The van der Waals surface area contributed by atoms with Gasteiger partial charge in [-0.05, 0) is 64.8 Å². The van der Waals surface area contributed by atoms with Crippen molar-refractivity contribution >= 4 is 11.0 Å². The molecule has 0 amide bonds. The molecule has 1 aliphatic rings. The van der Waals surface area contributed by atoms with Crippen molar-refractivity contribution in [3.05, 3.63) is 64.3 Å². The third-order valence-corrected chi connectivity index (χ3v) is 6.19. The molecule has 3 aromatic rings. The predicted octanol–water partition coefficient (Wildman–Crippen LogP) is 5.80. The van der Waals surface area contributed by atoms with E-state index in [-0.39, 0.29) is 5.43 Å². The Labute approximate surface area is 178 Å². The Bertz CT molecular complexity index is 1040. The minimum absolute atomic E-state index is 0.0274. The van der Waals surface area contributed by atoms with Crippen LogP contribution in [-0.4, -0.2) is 30.6 Å². The first-order chi connectivity index (χ1) is 14.6. The smallest absolute Gasteiger partial charge is 0.193 e. The van der Waals surface area contributed by atoms with Gasteiger partial charge in [-0.2, -0.15) is 0 Å². The van der Waals surface area contributed by atoms with Crippen LogP contribution in [0.1, 0.15) is 44.6 Å². The topological polar surface area (TPSA) is 42.7 Å². The van der Waals surface area contributed by atoms with Gasteiger partial charge in [-0.15, -0.1) is 0 Å². The van der Waals surface area contributed by atoms with Crippen LogP contribution < -0.4 is 10.2 Å². The molecule has 0 aliphatic carbocycles. The normalized spacial score (nSPS) is 17.3. The molecule has 158 valence electrons. The zero-order valence-electron chi connectivity index (χ0n) is 18.0. The summed E-state index contributed by atoms with van der Waals surface area (Å²) >= 11 is 0. The van der Waals surface area contributed by atoms with Crippen molar-refractivity contribution in [1.82, 2.24) is 4.90 Å². The van der Waals surface area contributed by atoms with Gasteiger partial charge < -0.3 is 14.1 Å². The summed E-state index contributed by atoms with van der Waals surface area (Å²) in [4.78, 5) is 15.2. The molecular formula is C26H31NO3. The van der Waals surface area contributed by atoms with Crippen molar-refractivity contribution in [2.24, 2.45) is 0 Å². The monoisotopic (exact) mass is 405 g/mol. The van der Waals surface area contributed by atoms with Crippen molar-refractivity contribution in [3.8, 4) is 17.1 Å². The van der Waals surface area contributed by atoms with Crippen LogP contribution in [0.4, 0.5) is 0 Å². The van der Waals surface area contributed by atoms with Crippen molar-refractivity contribution in [2.75, 3.05) is 19.7 Å². The molecule has 1 atom stereocenters. The number of likely N-dealkylation sites (tertiary alicyclic amines) is 1. The molecule has 0 N–H and O–H groups in total. The van der Waals surface area contributed by atoms with Gasteiger partial charge in [0.25, 0.3) is 0 Å². The zero-order chi connectivity index (χ0) is 20.9. The standard InChI is InChI=1S/C26H31NO3/c1-19-10-6-7-15-27(19)16-8-9-17-29-24-14-13-22-23(28)18-25(30-26(22)20(24)2)21-11-4-3-5-12-21/h3-5,11-14,18-19H,6-10,15-17H2,1-2H3. The van der Waals surface area contributed by atoms with Gasteiger partial charge in [-0.3, -0.25) is 4.79 Å². The third kappa shape index (κ3) is 4.59. The van der Waals surface area contributed by atoms with Crippen molar-refractivity contribution in [3.63, 3.8) is 0 Å². The van der Waals surface area contributed by atoms with E-state index in [4.69, 9.17) is 9.15 Å². The van der Waals surface area contributed by atoms with Crippen LogP contribution >= 0.6 is 0 Å². The molecule has 1 fully saturated rings. The Morgan fingerprint density at radius 3 is 2.73 bits per heavy atom. The molecule has 0 saturated carbocycles. The summed E-state index contributed by atoms with van der Waals surface area (Å²) in [6.45, 7) is 7.36. The summed E-state index contributed by atoms with van der Waals surface area (Å²) in [5.41, 5.74) is 2.36. The highest BCUT2D eigenvalue weighted by Gasteiger charge is 2.17. The lowest BCUT2D eigenvalue weighted by atomic mass is 10.0. The minimum Gasteiger partial charge on any atom is -0.493 e. The number of unbranched alkanes of at least 4 members (excludes halogenated alkanes) is 1. The van der Waals surface area contributed by atoms with E-state index in [0.717, 1.165) is 36.3 Å². The molecule has 1 aliphatic heterocycles. The number of hydrogen-bond acceptors (Lipinski definition) is 4. The molecule has 1 saturated heterocycles. The Hall–Kier alpha value is -2.59. The summed E-state index contributed by atoms with van der Waals surface area (Å²) in [7, 11) is 0. The Balaban J connectivity index is 1.43. The molecular weight excluding hydrogens is 374 g/mol. The van der Waals surface area contributed by atoms with E-state index in [1.807, 2.05) is 49.4 Å². The van der Waals surface area contributed by atoms with Crippen LogP contribution in [0.2, 0.25) is 0 Å². The second-order valence-corrected chi connectivity index (χ2v) is 8.34. The molecule has 0 spiro atoms. The molecule has 1 unspecified atom stereocenters. The quantitative estimate of drug-likeness (QED) is 0.466. The van der Waals surface area contributed by atoms with Crippen LogP contribution in [0.5, 0.6) is 5.75 Å². The van der Waals surface area contributed by atoms with Gasteiger partial charge in [0.05, 0.1) is 12.0 Å². The second-order valence-electron chi connectivity index (χ2n) is 8.34. The largest absolute Gasteiger partial charge is 0.493 e. The lowest BCUT2D eigenvalue weighted by Crippen LogP contribution is -2.38. The fourth-order valence-electron chi connectivity index (χ4n) is 4.33. The van der Waals surface area contributed by atoms with Crippen molar-refractivity contribution in [1.29, 1.82) is 0 Å². The number of hydrogen-bond donors (Lipinski definition) is 0. The number of nitrogens with zero attached hydrogens (tertiary/aromatic N) is 1. The van der Waals surface area contributed by atoms with E-state index in [0.29, 0.717) is 29.4 Å². The second kappa shape index (κ2) is 9.48. The van der Waals surface area contributed by atoms with Gasteiger partial charge in [0.15, 0.2) is 5.43 Å². The predicted molar refractivity (Wildman–Crippen MR) is 122 cm³/mol. The maximum atomic E-state index is 12.6. The molecule has 0 bridgehead atoms. The lowest BCUT2D eigenvalue weighted by Gasteiger charge is -2.33. The van der Waals surface area contributed by atoms with Crippen LogP contribution in [0.3, 0.4) is 0 Å². The Morgan fingerprint density at radius 2 is 1.93 bits per heavy atom. The summed E-state index contributed by atoms with van der Waals surface area (Å²) in [6, 6.07) is 15.7.